The first-order valence-corrected chi connectivity index (χ1v) is 9.77. The van der Waals surface area contributed by atoms with Gasteiger partial charge in [-0.2, -0.15) is 0 Å². The number of nitrogens with zero attached hydrogens (tertiary/aromatic N) is 2. The van der Waals surface area contributed by atoms with Crippen molar-refractivity contribution in [2.24, 2.45) is 0 Å². The lowest BCUT2D eigenvalue weighted by molar-refractivity contribution is -0.141. The number of hydrogen-bond acceptors (Lipinski definition) is 3. The van der Waals surface area contributed by atoms with Crippen LogP contribution in [0.25, 0.3) is 0 Å². The van der Waals surface area contributed by atoms with Gasteiger partial charge < -0.3 is 4.90 Å². The highest BCUT2D eigenvalue weighted by atomic mass is 16.2. The zero-order valence-electron chi connectivity index (χ0n) is 15.7. The van der Waals surface area contributed by atoms with E-state index in [1.54, 1.807) is 17.0 Å². The predicted molar refractivity (Wildman–Crippen MR) is 101 cm³/mol. The van der Waals surface area contributed by atoms with E-state index in [9.17, 15) is 14.4 Å². The first-order chi connectivity index (χ1) is 12.5. The largest absolute Gasteiger partial charge is 0.327 e. The average molecular weight is 356 g/mol. The number of anilines is 1. The number of carbonyl (C=O) groups is 3. The SMILES string of the molecule is CCCC(=O)N(C1CCCCC1)C1CC(=O)N(c2ccc(C)cc2)C1=O. The van der Waals surface area contributed by atoms with E-state index in [0.29, 0.717) is 12.1 Å². The number of amides is 3. The summed E-state index contributed by atoms with van der Waals surface area (Å²) in [5.41, 5.74) is 1.67. The van der Waals surface area contributed by atoms with Crippen LogP contribution < -0.4 is 4.90 Å². The molecule has 2 fully saturated rings. The lowest BCUT2D eigenvalue weighted by Crippen LogP contribution is -2.51. The number of aryl methyl sites for hydroxylation is 1. The van der Waals surface area contributed by atoms with Gasteiger partial charge >= 0.3 is 0 Å². The van der Waals surface area contributed by atoms with E-state index in [-0.39, 0.29) is 30.2 Å². The number of carbonyl (C=O) groups excluding carboxylic acids is 3. The van der Waals surface area contributed by atoms with E-state index in [1.807, 2.05) is 26.0 Å². The Morgan fingerprint density at radius 2 is 1.77 bits per heavy atom. The van der Waals surface area contributed by atoms with Crippen LogP contribution in [0.3, 0.4) is 0 Å². The van der Waals surface area contributed by atoms with Gasteiger partial charge in [-0.3, -0.25) is 14.4 Å². The van der Waals surface area contributed by atoms with Crippen LogP contribution in [0.1, 0.15) is 63.9 Å². The second kappa shape index (κ2) is 8.02. The second-order valence-corrected chi connectivity index (χ2v) is 7.47. The fourth-order valence-electron chi connectivity index (χ4n) is 4.13. The molecule has 140 valence electrons. The minimum atomic E-state index is -0.647. The molecule has 0 radical (unpaired) electrons. The minimum absolute atomic E-state index is 0.0105. The molecule has 26 heavy (non-hydrogen) atoms. The van der Waals surface area contributed by atoms with Crippen LogP contribution in [0, 0.1) is 6.92 Å². The van der Waals surface area contributed by atoms with Crippen molar-refractivity contribution < 1.29 is 14.4 Å². The molecule has 1 aliphatic carbocycles. The Kier molecular flexibility index (Phi) is 5.74. The van der Waals surface area contributed by atoms with Gasteiger partial charge in [-0.25, -0.2) is 4.90 Å². The molecular formula is C21H28N2O3. The van der Waals surface area contributed by atoms with Gasteiger partial charge in [-0.05, 0) is 38.3 Å². The molecule has 0 spiro atoms. The summed E-state index contributed by atoms with van der Waals surface area (Å²) >= 11 is 0. The highest BCUT2D eigenvalue weighted by molar-refractivity contribution is 6.23. The molecule has 5 nitrogen and oxygen atoms in total. The maximum Gasteiger partial charge on any atom is 0.257 e. The van der Waals surface area contributed by atoms with E-state index in [0.717, 1.165) is 37.7 Å². The van der Waals surface area contributed by atoms with Crippen LogP contribution in [-0.2, 0) is 14.4 Å². The van der Waals surface area contributed by atoms with Crippen molar-refractivity contribution in [3.63, 3.8) is 0 Å². The normalized spacial score (nSPS) is 21.3. The summed E-state index contributed by atoms with van der Waals surface area (Å²) in [4.78, 5) is 41.6. The summed E-state index contributed by atoms with van der Waals surface area (Å²) in [5.74, 6) is -0.459. The third kappa shape index (κ3) is 3.67. The number of hydrogen-bond donors (Lipinski definition) is 0. The Labute approximate surface area is 155 Å². The summed E-state index contributed by atoms with van der Waals surface area (Å²) in [6.45, 7) is 3.94. The molecule has 0 aromatic heterocycles. The molecule has 1 atom stereocenters. The van der Waals surface area contributed by atoms with Gasteiger partial charge in [0.15, 0.2) is 0 Å². The van der Waals surface area contributed by atoms with Crippen molar-refractivity contribution in [1.29, 1.82) is 0 Å². The van der Waals surface area contributed by atoms with E-state index < -0.39 is 6.04 Å². The standard InChI is InChI=1S/C21H28N2O3/c1-3-7-19(24)22(16-8-5-4-6-9-16)18-14-20(25)23(21(18)26)17-12-10-15(2)11-13-17/h10-13,16,18H,3-9,14H2,1-2H3. The zero-order valence-corrected chi connectivity index (χ0v) is 15.7. The number of rotatable bonds is 5. The predicted octanol–water partition coefficient (Wildman–Crippen LogP) is 3.59. The van der Waals surface area contributed by atoms with Crippen molar-refractivity contribution in [2.75, 3.05) is 4.90 Å². The lowest BCUT2D eigenvalue weighted by Gasteiger charge is -2.37. The molecule has 1 aliphatic heterocycles. The maximum atomic E-state index is 13.1. The summed E-state index contributed by atoms with van der Waals surface area (Å²) in [6, 6.07) is 6.82. The van der Waals surface area contributed by atoms with E-state index in [1.165, 1.54) is 11.3 Å². The van der Waals surface area contributed by atoms with E-state index >= 15 is 0 Å². The molecular weight excluding hydrogens is 328 g/mol. The van der Waals surface area contributed by atoms with Gasteiger partial charge in [0.05, 0.1) is 12.1 Å². The molecule has 1 heterocycles. The third-order valence-electron chi connectivity index (χ3n) is 5.47. The molecule has 5 heteroatoms. The molecule has 1 saturated heterocycles. The third-order valence-corrected chi connectivity index (χ3v) is 5.47. The highest BCUT2D eigenvalue weighted by Crippen LogP contribution is 2.31. The lowest BCUT2D eigenvalue weighted by atomic mass is 9.92. The van der Waals surface area contributed by atoms with Gasteiger partial charge in [0.25, 0.3) is 5.91 Å². The van der Waals surface area contributed by atoms with Crippen LogP contribution >= 0.6 is 0 Å². The van der Waals surface area contributed by atoms with E-state index in [2.05, 4.69) is 0 Å². The maximum absolute atomic E-state index is 13.1. The van der Waals surface area contributed by atoms with Crippen molar-refractivity contribution in [1.82, 2.24) is 4.90 Å². The fraction of sp³-hybridized carbons (Fsp3) is 0.571. The molecule has 0 N–H and O–H groups in total. The summed E-state index contributed by atoms with van der Waals surface area (Å²) < 4.78 is 0. The first kappa shape index (κ1) is 18.6. The Bertz CT molecular complexity index is 677. The van der Waals surface area contributed by atoms with Crippen LogP contribution in [0.15, 0.2) is 24.3 Å². The molecule has 1 unspecified atom stereocenters. The summed E-state index contributed by atoms with van der Waals surface area (Å²) in [6.07, 6.45) is 6.47. The molecule has 0 bridgehead atoms. The molecule has 1 saturated carbocycles. The second-order valence-electron chi connectivity index (χ2n) is 7.47. The van der Waals surface area contributed by atoms with Crippen molar-refractivity contribution in [2.45, 2.75) is 77.3 Å². The molecule has 3 rings (SSSR count). The van der Waals surface area contributed by atoms with Gasteiger partial charge in [0, 0.05) is 12.5 Å². The van der Waals surface area contributed by atoms with Gasteiger partial charge in [-0.1, -0.05) is 43.9 Å². The molecule has 2 aliphatic rings. The van der Waals surface area contributed by atoms with Crippen LogP contribution in [-0.4, -0.2) is 34.7 Å². The Hall–Kier alpha value is -2.17. The zero-order chi connectivity index (χ0) is 18.7. The van der Waals surface area contributed by atoms with Gasteiger partial charge in [0.1, 0.15) is 6.04 Å². The van der Waals surface area contributed by atoms with Crippen molar-refractivity contribution in [3.05, 3.63) is 29.8 Å². The Morgan fingerprint density at radius 3 is 2.38 bits per heavy atom. The fourth-order valence-corrected chi connectivity index (χ4v) is 4.13. The van der Waals surface area contributed by atoms with Crippen LogP contribution in [0.2, 0.25) is 0 Å². The summed E-state index contributed by atoms with van der Waals surface area (Å²) in [5, 5.41) is 0. The van der Waals surface area contributed by atoms with Gasteiger partial charge in [0.2, 0.25) is 11.8 Å². The summed E-state index contributed by atoms with van der Waals surface area (Å²) in [7, 11) is 0. The molecule has 1 aromatic rings. The first-order valence-electron chi connectivity index (χ1n) is 9.77. The van der Waals surface area contributed by atoms with Crippen LogP contribution in [0.4, 0.5) is 5.69 Å². The molecule has 3 amide bonds. The Balaban J connectivity index is 1.87. The van der Waals surface area contributed by atoms with Crippen LogP contribution in [0.5, 0.6) is 0 Å². The minimum Gasteiger partial charge on any atom is -0.327 e. The number of benzene rings is 1. The Morgan fingerprint density at radius 1 is 1.12 bits per heavy atom. The van der Waals surface area contributed by atoms with Gasteiger partial charge in [-0.15, -0.1) is 0 Å². The highest BCUT2D eigenvalue weighted by Gasteiger charge is 2.46. The van der Waals surface area contributed by atoms with Crippen molar-refractivity contribution >= 4 is 23.4 Å². The topological polar surface area (TPSA) is 57.7 Å². The average Bonchev–Trinajstić information content (AvgIpc) is 2.92. The monoisotopic (exact) mass is 356 g/mol. The van der Waals surface area contributed by atoms with E-state index in [4.69, 9.17) is 0 Å². The smallest absolute Gasteiger partial charge is 0.257 e. The quantitative estimate of drug-likeness (QED) is 0.758. The van der Waals surface area contributed by atoms with Crippen molar-refractivity contribution in [3.8, 4) is 0 Å². The number of imide groups is 1. The molecule has 1 aromatic carbocycles.